The summed E-state index contributed by atoms with van der Waals surface area (Å²) in [6.07, 6.45) is 20.8. The summed E-state index contributed by atoms with van der Waals surface area (Å²) in [6.45, 7) is 2.49. The summed E-state index contributed by atoms with van der Waals surface area (Å²) in [4.78, 5) is 31.7. The van der Waals surface area contributed by atoms with Crippen LogP contribution in [0, 0.1) is 17.8 Å². The van der Waals surface area contributed by atoms with Crippen LogP contribution in [0.4, 0.5) is 0 Å². The fourth-order valence-corrected chi connectivity index (χ4v) is 6.24. The molecule has 2 aliphatic carbocycles. The lowest BCUT2D eigenvalue weighted by molar-refractivity contribution is -0.136. The molecule has 3 unspecified atom stereocenters. The first-order valence-corrected chi connectivity index (χ1v) is 14.6. The summed E-state index contributed by atoms with van der Waals surface area (Å²) in [5.74, 6) is 2.38. The zero-order chi connectivity index (χ0) is 26.7. The fourth-order valence-electron chi connectivity index (χ4n) is 6.24. The second-order valence-corrected chi connectivity index (χ2v) is 11.2. The quantitative estimate of drug-likeness (QED) is 0.318. The van der Waals surface area contributed by atoms with Crippen molar-refractivity contribution in [1.29, 1.82) is 0 Å². The van der Waals surface area contributed by atoms with Crippen LogP contribution in [-0.4, -0.2) is 33.5 Å². The van der Waals surface area contributed by atoms with Crippen LogP contribution in [0.15, 0.2) is 42.7 Å². The average Bonchev–Trinajstić information content (AvgIpc) is 3.18. The largest absolute Gasteiger partial charge is 0.481 e. The van der Waals surface area contributed by atoms with Gasteiger partial charge in [-0.3, -0.25) is 9.59 Å². The summed E-state index contributed by atoms with van der Waals surface area (Å²) < 4.78 is 0. The van der Waals surface area contributed by atoms with Gasteiger partial charge in [-0.1, -0.05) is 75.8 Å². The van der Waals surface area contributed by atoms with Gasteiger partial charge in [0.05, 0.1) is 6.42 Å². The van der Waals surface area contributed by atoms with Crippen molar-refractivity contribution in [2.75, 3.05) is 6.54 Å². The predicted molar refractivity (Wildman–Crippen MR) is 151 cm³/mol. The molecule has 1 heterocycles. The topological polar surface area (TPSA) is 92.2 Å². The van der Waals surface area contributed by atoms with Gasteiger partial charge in [0.1, 0.15) is 0 Å². The van der Waals surface area contributed by atoms with E-state index in [1.807, 2.05) is 36.7 Å². The van der Waals surface area contributed by atoms with Crippen LogP contribution in [0.3, 0.4) is 0 Å². The number of hydrogen-bond donors (Lipinski definition) is 2. The maximum Gasteiger partial charge on any atom is 0.305 e. The van der Waals surface area contributed by atoms with Crippen molar-refractivity contribution < 1.29 is 14.7 Å². The molecule has 1 aromatic heterocycles. The third-order valence-electron chi connectivity index (χ3n) is 8.48. The smallest absolute Gasteiger partial charge is 0.305 e. The van der Waals surface area contributed by atoms with Crippen molar-refractivity contribution in [3.8, 4) is 11.4 Å². The Morgan fingerprint density at radius 3 is 2.42 bits per heavy atom. The first kappa shape index (κ1) is 28.0. The lowest BCUT2D eigenvalue weighted by atomic mass is 9.76. The van der Waals surface area contributed by atoms with Crippen molar-refractivity contribution in [2.24, 2.45) is 17.8 Å². The number of amides is 1. The van der Waals surface area contributed by atoms with Gasteiger partial charge in [-0.05, 0) is 61.0 Å². The van der Waals surface area contributed by atoms with Crippen molar-refractivity contribution in [3.05, 3.63) is 53.9 Å². The van der Waals surface area contributed by atoms with E-state index in [1.54, 1.807) is 0 Å². The highest BCUT2D eigenvalue weighted by Gasteiger charge is 2.27. The number of nitrogens with one attached hydrogen (secondary N) is 1. The summed E-state index contributed by atoms with van der Waals surface area (Å²) >= 11 is 0. The van der Waals surface area contributed by atoms with E-state index in [4.69, 9.17) is 5.11 Å². The number of nitrogens with zero attached hydrogens (tertiary/aromatic N) is 2. The summed E-state index contributed by atoms with van der Waals surface area (Å²) in [5.41, 5.74) is 4.54. The van der Waals surface area contributed by atoms with Crippen LogP contribution in [0.25, 0.3) is 17.0 Å². The Hall–Kier alpha value is -3.02. The molecule has 1 fully saturated rings. The molecule has 0 bridgehead atoms. The highest BCUT2D eigenvalue weighted by Crippen LogP contribution is 2.40. The van der Waals surface area contributed by atoms with E-state index in [9.17, 15) is 9.59 Å². The summed E-state index contributed by atoms with van der Waals surface area (Å²) in [7, 11) is 0. The van der Waals surface area contributed by atoms with Crippen LogP contribution in [0.2, 0.25) is 0 Å². The number of aryl methyl sites for hydroxylation is 1. The Morgan fingerprint density at radius 1 is 0.947 bits per heavy atom. The minimum atomic E-state index is -0.911. The molecule has 4 rings (SSSR count). The van der Waals surface area contributed by atoms with Crippen LogP contribution in [0.1, 0.15) is 95.1 Å². The molecule has 1 amide bonds. The predicted octanol–water partition coefficient (Wildman–Crippen LogP) is 6.85. The standard InChI is InChI=1S/C32H43N3O3/c1-2-4-23-5-3-6-25(11-7-23)26-14-16-27(17-15-26)29-21-34-32(35-22-29)28-12-8-24(9-13-28)10-18-30(36)33-20-19-31(37)38/h8-9,12-13,16,21-23,25-26H,2-7,10-11,14-15,17-20H2,1H3,(H,33,36)(H,37,38). The van der Waals surface area contributed by atoms with Gasteiger partial charge in [-0.2, -0.15) is 0 Å². The number of carbonyl (C=O) groups is 2. The Bertz CT molecular complexity index is 1080. The number of carbonyl (C=O) groups excluding carboxylic acids is 1. The Labute approximate surface area is 227 Å². The third-order valence-corrected chi connectivity index (χ3v) is 8.48. The molecule has 1 saturated carbocycles. The Morgan fingerprint density at radius 2 is 1.74 bits per heavy atom. The number of carboxylic acids is 1. The van der Waals surface area contributed by atoms with E-state index in [0.717, 1.165) is 40.9 Å². The Balaban J connectivity index is 1.26. The van der Waals surface area contributed by atoms with E-state index in [1.165, 1.54) is 63.4 Å². The number of benzene rings is 1. The minimum Gasteiger partial charge on any atom is -0.481 e. The molecule has 2 aromatic rings. The molecule has 0 radical (unpaired) electrons. The summed E-state index contributed by atoms with van der Waals surface area (Å²) in [5, 5.41) is 11.3. The second kappa shape index (κ2) is 14.2. The highest BCUT2D eigenvalue weighted by molar-refractivity contribution is 5.77. The lowest BCUT2D eigenvalue weighted by Crippen LogP contribution is -2.26. The molecule has 6 heteroatoms. The zero-order valence-electron chi connectivity index (χ0n) is 22.8. The number of allylic oxidation sites excluding steroid dienone is 2. The first-order valence-electron chi connectivity index (χ1n) is 14.6. The van der Waals surface area contributed by atoms with Crippen molar-refractivity contribution in [3.63, 3.8) is 0 Å². The summed E-state index contributed by atoms with van der Waals surface area (Å²) in [6, 6.07) is 7.99. The normalized spacial score (nSPS) is 21.8. The monoisotopic (exact) mass is 517 g/mol. The number of hydrogen-bond acceptors (Lipinski definition) is 4. The van der Waals surface area contributed by atoms with E-state index >= 15 is 0 Å². The molecule has 38 heavy (non-hydrogen) atoms. The van der Waals surface area contributed by atoms with Crippen LogP contribution in [-0.2, 0) is 16.0 Å². The minimum absolute atomic E-state index is 0.0585. The Kier molecular flexibility index (Phi) is 10.5. The van der Waals surface area contributed by atoms with Crippen molar-refractivity contribution in [1.82, 2.24) is 15.3 Å². The average molecular weight is 518 g/mol. The van der Waals surface area contributed by atoms with Gasteiger partial charge in [0.2, 0.25) is 5.91 Å². The number of aromatic nitrogens is 2. The van der Waals surface area contributed by atoms with Crippen LogP contribution >= 0.6 is 0 Å². The molecular weight excluding hydrogens is 474 g/mol. The molecule has 0 aliphatic heterocycles. The molecule has 0 spiro atoms. The third kappa shape index (κ3) is 8.24. The molecule has 204 valence electrons. The van der Waals surface area contributed by atoms with Gasteiger partial charge in [-0.25, -0.2) is 9.97 Å². The van der Waals surface area contributed by atoms with Gasteiger partial charge in [0.25, 0.3) is 0 Å². The van der Waals surface area contributed by atoms with Gasteiger partial charge in [-0.15, -0.1) is 0 Å². The molecule has 0 saturated heterocycles. The first-order chi connectivity index (χ1) is 18.5. The SMILES string of the molecule is CCCC1CCCC(C2CC=C(c3cnc(-c4ccc(CCC(=O)NCCC(=O)O)cc4)nc3)CC2)CC1. The van der Waals surface area contributed by atoms with Crippen molar-refractivity contribution >= 4 is 17.4 Å². The number of aliphatic carboxylic acids is 1. The number of rotatable bonds is 11. The van der Waals surface area contributed by atoms with Crippen LogP contribution in [0.5, 0.6) is 0 Å². The van der Waals surface area contributed by atoms with E-state index in [2.05, 4.69) is 28.3 Å². The lowest BCUT2D eigenvalue weighted by Gasteiger charge is -2.29. The van der Waals surface area contributed by atoms with Gasteiger partial charge in [0.15, 0.2) is 5.82 Å². The molecule has 6 nitrogen and oxygen atoms in total. The number of carboxylic acid groups (broad SMARTS) is 1. The maximum absolute atomic E-state index is 11.9. The molecular formula is C32H43N3O3. The maximum atomic E-state index is 11.9. The van der Waals surface area contributed by atoms with Gasteiger partial charge < -0.3 is 10.4 Å². The highest BCUT2D eigenvalue weighted by atomic mass is 16.4. The molecule has 1 aromatic carbocycles. The zero-order valence-corrected chi connectivity index (χ0v) is 22.8. The molecule has 2 aliphatic rings. The van der Waals surface area contributed by atoms with E-state index in [0.29, 0.717) is 18.7 Å². The van der Waals surface area contributed by atoms with Gasteiger partial charge >= 0.3 is 5.97 Å². The van der Waals surface area contributed by atoms with Crippen molar-refractivity contribution in [2.45, 2.75) is 90.4 Å². The van der Waals surface area contributed by atoms with E-state index < -0.39 is 5.97 Å². The van der Waals surface area contributed by atoms with Crippen LogP contribution < -0.4 is 5.32 Å². The molecule has 2 N–H and O–H groups in total. The fraction of sp³-hybridized carbons (Fsp3) is 0.562. The molecule has 3 atom stereocenters. The van der Waals surface area contributed by atoms with E-state index in [-0.39, 0.29) is 18.9 Å². The second-order valence-electron chi connectivity index (χ2n) is 11.2. The van der Waals surface area contributed by atoms with Gasteiger partial charge in [0, 0.05) is 36.5 Å².